The van der Waals surface area contributed by atoms with Gasteiger partial charge in [-0.25, -0.2) is 0 Å². The van der Waals surface area contributed by atoms with Crippen LogP contribution in [0, 0.1) is 0 Å². The van der Waals surface area contributed by atoms with E-state index in [0.29, 0.717) is 50.3 Å². The molecule has 3 rings (SSSR count). The minimum Gasteiger partial charge on any atom is -0.497 e. The zero-order chi connectivity index (χ0) is 17.1. The molecule has 1 N–H and O–H groups in total. The third kappa shape index (κ3) is 3.34. The molecule has 0 aromatic heterocycles. The largest absolute Gasteiger partial charge is 0.497 e. The Morgan fingerprint density at radius 2 is 1.88 bits per heavy atom. The van der Waals surface area contributed by atoms with Crippen LogP contribution in [-0.4, -0.2) is 66.9 Å². The van der Waals surface area contributed by atoms with Crippen LogP contribution in [0.4, 0.5) is 0 Å². The van der Waals surface area contributed by atoms with E-state index in [2.05, 4.69) is 5.32 Å². The quantitative estimate of drug-likeness (QED) is 0.862. The number of piperazine rings is 1. The Morgan fingerprint density at radius 1 is 1.17 bits per heavy atom. The maximum absolute atomic E-state index is 12.6. The van der Waals surface area contributed by atoms with Gasteiger partial charge in [0.1, 0.15) is 11.8 Å². The first kappa shape index (κ1) is 16.3. The lowest BCUT2D eigenvalue weighted by molar-refractivity contribution is -0.135. The molecule has 0 bridgehead atoms. The van der Waals surface area contributed by atoms with E-state index in [-0.39, 0.29) is 17.7 Å². The zero-order valence-electron chi connectivity index (χ0n) is 13.7. The third-order valence-corrected chi connectivity index (χ3v) is 4.49. The van der Waals surface area contributed by atoms with Gasteiger partial charge < -0.3 is 19.9 Å². The van der Waals surface area contributed by atoms with E-state index in [9.17, 15) is 14.4 Å². The van der Waals surface area contributed by atoms with Gasteiger partial charge in [-0.2, -0.15) is 0 Å². The molecular formula is C17H21N3O4. The van der Waals surface area contributed by atoms with Crippen LogP contribution >= 0.6 is 0 Å². The summed E-state index contributed by atoms with van der Waals surface area (Å²) >= 11 is 0. The molecule has 0 radical (unpaired) electrons. The smallest absolute Gasteiger partial charge is 0.254 e. The summed E-state index contributed by atoms with van der Waals surface area (Å²) in [6.07, 6.45) is 0.964. The number of rotatable bonds is 3. The van der Waals surface area contributed by atoms with E-state index in [0.717, 1.165) is 0 Å². The Balaban J connectivity index is 1.57. The van der Waals surface area contributed by atoms with Crippen LogP contribution in [0.25, 0.3) is 0 Å². The average molecular weight is 331 g/mol. The van der Waals surface area contributed by atoms with Crippen LogP contribution in [0.3, 0.4) is 0 Å². The molecule has 1 atom stereocenters. The molecule has 7 heteroatoms. The summed E-state index contributed by atoms with van der Waals surface area (Å²) in [5.74, 6) is 0.469. The molecule has 3 amide bonds. The van der Waals surface area contributed by atoms with E-state index >= 15 is 0 Å². The number of benzene rings is 1. The number of amides is 3. The fourth-order valence-electron chi connectivity index (χ4n) is 3.09. The highest BCUT2D eigenvalue weighted by atomic mass is 16.5. The summed E-state index contributed by atoms with van der Waals surface area (Å²) in [4.78, 5) is 39.6. The Hall–Kier alpha value is -2.57. The van der Waals surface area contributed by atoms with Crippen LogP contribution in [0.2, 0.25) is 0 Å². The van der Waals surface area contributed by atoms with Crippen molar-refractivity contribution in [2.45, 2.75) is 18.9 Å². The van der Waals surface area contributed by atoms with Gasteiger partial charge in [0, 0.05) is 38.2 Å². The van der Waals surface area contributed by atoms with Crippen LogP contribution in [0.1, 0.15) is 23.2 Å². The lowest BCUT2D eigenvalue weighted by Gasteiger charge is -2.36. The van der Waals surface area contributed by atoms with Crippen LogP contribution in [0.5, 0.6) is 5.75 Å². The first-order valence-corrected chi connectivity index (χ1v) is 8.10. The van der Waals surface area contributed by atoms with Gasteiger partial charge in [-0.3, -0.25) is 14.4 Å². The highest BCUT2D eigenvalue weighted by molar-refractivity contribution is 5.95. The van der Waals surface area contributed by atoms with Crippen LogP contribution < -0.4 is 10.1 Å². The monoisotopic (exact) mass is 331 g/mol. The molecule has 1 unspecified atom stereocenters. The van der Waals surface area contributed by atoms with Crippen molar-refractivity contribution in [2.24, 2.45) is 0 Å². The number of carbonyl (C=O) groups excluding carboxylic acids is 3. The van der Waals surface area contributed by atoms with E-state index in [1.807, 2.05) is 0 Å². The van der Waals surface area contributed by atoms with E-state index in [4.69, 9.17) is 4.74 Å². The predicted molar refractivity (Wildman–Crippen MR) is 86.6 cm³/mol. The normalized spacial score (nSPS) is 20.7. The van der Waals surface area contributed by atoms with Gasteiger partial charge >= 0.3 is 0 Å². The van der Waals surface area contributed by atoms with Crippen LogP contribution in [0.15, 0.2) is 24.3 Å². The number of nitrogens with one attached hydrogen (secondary N) is 1. The van der Waals surface area contributed by atoms with Crippen molar-refractivity contribution < 1.29 is 19.1 Å². The molecule has 0 saturated carbocycles. The van der Waals surface area contributed by atoms with Crippen molar-refractivity contribution in [2.75, 3.05) is 33.3 Å². The molecule has 0 spiro atoms. The Kier molecular flexibility index (Phi) is 4.69. The van der Waals surface area contributed by atoms with Crippen LogP contribution in [-0.2, 0) is 9.59 Å². The summed E-state index contributed by atoms with van der Waals surface area (Å²) < 4.78 is 5.15. The van der Waals surface area contributed by atoms with Crippen molar-refractivity contribution in [1.82, 2.24) is 15.1 Å². The lowest BCUT2D eigenvalue weighted by atomic mass is 10.1. The highest BCUT2D eigenvalue weighted by Gasteiger charge is 2.33. The molecule has 2 fully saturated rings. The van der Waals surface area contributed by atoms with E-state index in [1.54, 1.807) is 41.2 Å². The number of methoxy groups -OCH3 is 1. The molecule has 7 nitrogen and oxygen atoms in total. The molecule has 24 heavy (non-hydrogen) atoms. The second-order valence-electron chi connectivity index (χ2n) is 6.01. The zero-order valence-corrected chi connectivity index (χ0v) is 13.7. The van der Waals surface area contributed by atoms with Crippen molar-refractivity contribution in [3.8, 4) is 5.75 Å². The SMILES string of the molecule is COc1cccc(C(=O)N2CCN(C(=O)C3CCC(=O)N3)CC2)c1. The van der Waals surface area contributed by atoms with Crippen molar-refractivity contribution in [1.29, 1.82) is 0 Å². The standard InChI is InChI=1S/C17H21N3O4/c1-24-13-4-2-3-12(11-13)16(22)19-7-9-20(10-8-19)17(23)14-5-6-15(21)18-14/h2-4,11,14H,5-10H2,1H3,(H,18,21). The number of hydrogen-bond acceptors (Lipinski definition) is 4. The second kappa shape index (κ2) is 6.90. The van der Waals surface area contributed by atoms with Gasteiger partial charge in [-0.15, -0.1) is 0 Å². The molecular weight excluding hydrogens is 310 g/mol. The molecule has 2 aliphatic heterocycles. The third-order valence-electron chi connectivity index (χ3n) is 4.49. The molecule has 1 aromatic carbocycles. The van der Waals surface area contributed by atoms with Gasteiger partial charge in [0.15, 0.2) is 0 Å². The lowest BCUT2D eigenvalue weighted by Crippen LogP contribution is -2.54. The molecule has 1 aromatic rings. The van der Waals surface area contributed by atoms with Gasteiger partial charge in [0.2, 0.25) is 11.8 Å². The topological polar surface area (TPSA) is 79.0 Å². The molecule has 2 saturated heterocycles. The predicted octanol–water partition coefficient (Wildman–Crippen LogP) is 0.258. The number of carbonyl (C=O) groups is 3. The fourth-order valence-corrected chi connectivity index (χ4v) is 3.09. The number of ether oxygens (including phenoxy) is 1. The summed E-state index contributed by atoms with van der Waals surface area (Å²) in [5.41, 5.74) is 0.581. The molecule has 0 aliphatic carbocycles. The first-order chi connectivity index (χ1) is 11.6. The summed E-state index contributed by atoms with van der Waals surface area (Å²) in [6.45, 7) is 1.95. The van der Waals surface area contributed by atoms with Gasteiger partial charge in [-0.05, 0) is 24.6 Å². The van der Waals surface area contributed by atoms with E-state index in [1.165, 1.54) is 0 Å². The van der Waals surface area contributed by atoms with Gasteiger partial charge in [0.25, 0.3) is 5.91 Å². The van der Waals surface area contributed by atoms with Crippen molar-refractivity contribution >= 4 is 17.7 Å². The highest BCUT2D eigenvalue weighted by Crippen LogP contribution is 2.16. The summed E-state index contributed by atoms with van der Waals surface area (Å²) in [7, 11) is 1.57. The fraction of sp³-hybridized carbons (Fsp3) is 0.471. The first-order valence-electron chi connectivity index (χ1n) is 8.10. The number of nitrogens with zero attached hydrogens (tertiary/aromatic N) is 2. The van der Waals surface area contributed by atoms with Crippen molar-refractivity contribution in [3.63, 3.8) is 0 Å². The molecule has 2 aliphatic rings. The van der Waals surface area contributed by atoms with Gasteiger partial charge in [-0.1, -0.05) is 6.07 Å². The minimum absolute atomic E-state index is 0.0469. The Morgan fingerprint density at radius 3 is 2.50 bits per heavy atom. The summed E-state index contributed by atoms with van der Waals surface area (Å²) in [5, 5.41) is 2.70. The minimum atomic E-state index is -0.405. The Bertz CT molecular complexity index is 653. The van der Waals surface area contributed by atoms with Gasteiger partial charge in [0.05, 0.1) is 7.11 Å². The Labute approximate surface area is 140 Å². The summed E-state index contributed by atoms with van der Waals surface area (Å²) in [6, 6.07) is 6.65. The van der Waals surface area contributed by atoms with Crippen molar-refractivity contribution in [3.05, 3.63) is 29.8 Å². The maximum Gasteiger partial charge on any atom is 0.254 e. The average Bonchev–Trinajstić information content (AvgIpc) is 3.07. The molecule has 128 valence electrons. The van der Waals surface area contributed by atoms with E-state index < -0.39 is 6.04 Å². The maximum atomic E-state index is 12.6. The molecule has 2 heterocycles. The number of hydrogen-bond donors (Lipinski definition) is 1. The second-order valence-corrected chi connectivity index (χ2v) is 6.01.